The van der Waals surface area contributed by atoms with Gasteiger partial charge in [-0.1, -0.05) is 30.7 Å². The predicted octanol–water partition coefficient (Wildman–Crippen LogP) is 2.64. The Balaban J connectivity index is 1.25. The van der Waals surface area contributed by atoms with Gasteiger partial charge in [-0.2, -0.15) is 5.10 Å². The SMILES string of the molecule is Cn1cc(NC(=O)CCCCCNC(=O)N2Cc3ccccc3C2)cn1. The molecule has 3 amide bonds. The molecule has 1 aliphatic heterocycles. The van der Waals surface area contributed by atoms with Crippen molar-refractivity contribution in [1.82, 2.24) is 20.0 Å². The molecule has 0 saturated carbocycles. The third-order valence-electron chi connectivity index (χ3n) is 4.47. The molecular weight excluding hydrogens is 330 g/mol. The van der Waals surface area contributed by atoms with E-state index >= 15 is 0 Å². The predicted molar refractivity (Wildman–Crippen MR) is 99.4 cm³/mol. The minimum atomic E-state index is -0.0180. The summed E-state index contributed by atoms with van der Waals surface area (Å²) < 4.78 is 1.65. The lowest BCUT2D eigenvalue weighted by Crippen LogP contribution is -2.36. The summed E-state index contributed by atoms with van der Waals surface area (Å²) in [6, 6.07) is 8.13. The van der Waals surface area contributed by atoms with Gasteiger partial charge in [0.2, 0.25) is 5.91 Å². The molecule has 2 N–H and O–H groups in total. The third kappa shape index (κ3) is 4.84. The van der Waals surface area contributed by atoms with Gasteiger partial charge < -0.3 is 15.5 Å². The molecule has 7 heteroatoms. The number of unbranched alkanes of at least 4 members (excludes halogenated alkanes) is 2. The highest BCUT2D eigenvalue weighted by molar-refractivity contribution is 5.90. The second kappa shape index (κ2) is 8.51. The van der Waals surface area contributed by atoms with Crippen LogP contribution in [0.2, 0.25) is 0 Å². The maximum atomic E-state index is 12.2. The van der Waals surface area contributed by atoms with Crippen molar-refractivity contribution < 1.29 is 9.59 Å². The molecule has 0 fully saturated rings. The lowest BCUT2D eigenvalue weighted by Gasteiger charge is -2.16. The number of nitrogens with zero attached hydrogens (tertiary/aromatic N) is 3. The van der Waals surface area contributed by atoms with Crippen LogP contribution in [0.3, 0.4) is 0 Å². The Labute approximate surface area is 153 Å². The first-order valence-electron chi connectivity index (χ1n) is 9.00. The maximum absolute atomic E-state index is 12.2. The van der Waals surface area contributed by atoms with E-state index in [1.54, 1.807) is 17.1 Å². The number of fused-ring (bicyclic) bond motifs is 1. The Morgan fingerprint density at radius 3 is 2.50 bits per heavy atom. The molecular formula is C19H25N5O2. The van der Waals surface area contributed by atoms with Crippen LogP contribution in [0, 0.1) is 0 Å². The average Bonchev–Trinajstić information content (AvgIpc) is 3.23. The first-order chi connectivity index (χ1) is 12.6. The summed E-state index contributed by atoms with van der Waals surface area (Å²) in [5, 5.41) is 9.80. The van der Waals surface area contributed by atoms with Crippen LogP contribution in [0.1, 0.15) is 36.8 Å². The van der Waals surface area contributed by atoms with Gasteiger partial charge in [-0.25, -0.2) is 4.79 Å². The van der Waals surface area contributed by atoms with Crippen molar-refractivity contribution in [2.45, 2.75) is 38.8 Å². The number of rotatable bonds is 7. The van der Waals surface area contributed by atoms with Crippen LogP contribution < -0.4 is 10.6 Å². The van der Waals surface area contributed by atoms with Crippen molar-refractivity contribution in [2.75, 3.05) is 11.9 Å². The van der Waals surface area contributed by atoms with Gasteiger partial charge in [0, 0.05) is 39.3 Å². The number of urea groups is 1. The standard InChI is InChI=1S/C19H25N5O2/c1-23-14-17(11-21-23)22-18(25)9-3-2-6-10-20-19(26)24-12-15-7-4-5-8-16(15)13-24/h4-5,7-8,11,14H,2-3,6,9-10,12-13H2,1H3,(H,20,26)(H,22,25). The van der Waals surface area contributed by atoms with E-state index in [-0.39, 0.29) is 11.9 Å². The van der Waals surface area contributed by atoms with Crippen LogP contribution in [-0.4, -0.2) is 33.2 Å². The Morgan fingerprint density at radius 2 is 1.85 bits per heavy atom. The lowest BCUT2D eigenvalue weighted by atomic mass is 10.1. The number of carbonyl (C=O) groups is 2. The summed E-state index contributed by atoms with van der Waals surface area (Å²) >= 11 is 0. The fourth-order valence-electron chi connectivity index (χ4n) is 3.08. The Morgan fingerprint density at radius 1 is 1.12 bits per heavy atom. The van der Waals surface area contributed by atoms with Gasteiger partial charge in [0.15, 0.2) is 0 Å². The molecule has 26 heavy (non-hydrogen) atoms. The summed E-state index contributed by atoms with van der Waals surface area (Å²) in [7, 11) is 1.81. The van der Waals surface area contributed by atoms with Crippen LogP contribution in [-0.2, 0) is 24.9 Å². The number of benzene rings is 1. The molecule has 138 valence electrons. The second-order valence-corrected chi connectivity index (χ2v) is 6.62. The van der Waals surface area contributed by atoms with Crippen LogP contribution in [0.15, 0.2) is 36.7 Å². The highest BCUT2D eigenvalue weighted by Crippen LogP contribution is 2.21. The molecule has 1 aliphatic rings. The summed E-state index contributed by atoms with van der Waals surface area (Å²) in [5.74, 6) is -0.00290. The number of anilines is 1. The minimum absolute atomic E-state index is 0.00290. The number of hydrogen-bond acceptors (Lipinski definition) is 3. The van der Waals surface area contributed by atoms with E-state index < -0.39 is 0 Å². The van der Waals surface area contributed by atoms with E-state index in [4.69, 9.17) is 0 Å². The quantitative estimate of drug-likeness (QED) is 0.750. The number of amides is 3. The molecule has 0 aliphatic carbocycles. The zero-order chi connectivity index (χ0) is 18.4. The van der Waals surface area contributed by atoms with Crippen molar-refractivity contribution in [2.24, 2.45) is 7.05 Å². The Hall–Kier alpha value is -2.83. The maximum Gasteiger partial charge on any atom is 0.318 e. The third-order valence-corrected chi connectivity index (χ3v) is 4.47. The first kappa shape index (κ1) is 18.0. The van der Waals surface area contributed by atoms with E-state index in [0.29, 0.717) is 26.1 Å². The fourth-order valence-corrected chi connectivity index (χ4v) is 3.08. The van der Waals surface area contributed by atoms with Gasteiger partial charge in [0.1, 0.15) is 0 Å². The normalized spacial score (nSPS) is 12.7. The van der Waals surface area contributed by atoms with Gasteiger partial charge in [-0.15, -0.1) is 0 Å². The monoisotopic (exact) mass is 355 g/mol. The van der Waals surface area contributed by atoms with Crippen molar-refractivity contribution in [3.05, 3.63) is 47.8 Å². The smallest absolute Gasteiger partial charge is 0.318 e. The van der Waals surface area contributed by atoms with E-state index in [0.717, 1.165) is 24.9 Å². The molecule has 1 aromatic heterocycles. The number of carbonyl (C=O) groups excluding carboxylic acids is 2. The highest BCUT2D eigenvalue weighted by Gasteiger charge is 2.22. The Bertz CT molecular complexity index is 746. The first-order valence-corrected chi connectivity index (χ1v) is 9.00. The van der Waals surface area contributed by atoms with Crippen LogP contribution in [0.4, 0.5) is 10.5 Å². The van der Waals surface area contributed by atoms with Crippen molar-refractivity contribution >= 4 is 17.6 Å². The molecule has 2 heterocycles. The average molecular weight is 355 g/mol. The molecule has 7 nitrogen and oxygen atoms in total. The van der Waals surface area contributed by atoms with Gasteiger partial charge >= 0.3 is 6.03 Å². The number of aromatic nitrogens is 2. The van der Waals surface area contributed by atoms with Crippen LogP contribution in [0.25, 0.3) is 0 Å². The molecule has 0 unspecified atom stereocenters. The molecule has 0 bridgehead atoms. The summed E-state index contributed by atoms with van der Waals surface area (Å²) in [4.78, 5) is 25.8. The molecule has 1 aromatic carbocycles. The highest BCUT2D eigenvalue weighted by atomic mass is 16.2. The van der Waals surface area contributed by atoms with Crippen LogP contribution >= 0.6 is 0 Å². The zero-order valence-electron chi connectivity index (χ0n) is 15.1. The number of aryl methyl sites for hydroxylation is 1. The van der Waals surface area contributed by atoms with Crippen molar-refractivity contribution in [3.8, 4) is 0 Å². The van der Waals surface area contributed by atoms with Crippen molar-refractivity contribution in [3.63, 3.8) is 0 Å². The van der Waals surface area contributed by atoms with Gasteiger partial charge in [-0.05, 0) is 24.0 Å². The number of nitrogens with one attached hydrogen (secondary N) is 2. The molecule has 0 saturated heterocycles. The van der Waals surface area contributed by atoms with Gasteiger partial charge in [0.25, 0.3) is 0 Å². The van der Waals surface area contributed by atoms with Crippen LogP contribution in [0.5, 0.6) is 0 Å². The van der Waals surface area contributed by atoms with Crippen molar-refractivity contribution in [1.29, 1.82) is 0 Å². The minimum Gasteiger partial charge on any atom is -0.338 e. The van der Waals surface area contributed by atoms with Gasteiger partial charge in [-0.3, -0.25) is 9.48 Å². The van der Waals surface area contributed by atoms with E-state index in [1.807, 2.05) is 24.1 Å². The van der Waals surface area contributed by atoms with E-state index in [2.05, 4.69) is 27.9 Å². The molecule has 2 aromatic rings. The zero-order valence-corrected chi connectivity index (χ0v) is 15.1. The molecule has 0 radical (unpaired) electrons. The lowest BCUT2D eigenvalue weighted by molar-refractivity contribution is -0.116. The second-order valence-electron chi connectivity index (χ2n) is 6.62. The van der Waals surface area contributed by atoms with E-state index in [1.165, 1.54) is 11.1 Å². The fraction of sp³-hybridized carbons (Fsp3) is 0.421. The summed E-state index contributed by atoms with van der Waals surface area (Å²) in [5.41, 5.74) is 3.17. The molecule has 0 atom stereocenters. The Kier molecular flexibility index (Phi) is 5.88. The summed E-state index contributed by atoms with van der Waals surface area (Å²) in [6.07, 6.45) is 6.45. The number of hydrogen-bond donors (Lipinski definition) is 2. The molecule has 0 spiro atoms. The largest absolute Gasteiger partial charge is 0.338 e. The topological polar surface area (TPSA) is 79.3 Å². The van der Waals surface area contributed by atoms with Gasteiger partial charge in [0.05, 0.1) is 11.9 Å². The van der Waals surface area contributed by atoms with E-state index in [9.17, 15) is 9.59 Å². The molecule has 3 rings (SSSR count). The summed E-state index contributed by atoms with van der Waals surface area (Å²) in [6.45, 7) is 1.99.